The molecule has 8 bridgehead atoms. The van der Waals surface area contributed by atoms with Gasteiger partial charge in [0.2, 0.25) is 0 Å². The van der Waals surface area contributed by atoms with Crippen molar-refractivity contribution in [3.05, 3.63) is 112 Å². The van der Waals surface area contributed by atoms with Gasteiger partial charge in [-0.05, 0) is 12.1 Å². The first-order valence-corrected chi connectivity index (χ1v) is 15.7. The molecule has 218 valence electrons. The molecule has 0 amide bonds. The molecule has 1 aliphatic heterocycles. The van der Waals surface area contributed by atoms with Crippen molar-refractivity contribution in [2.75, 3.05) is 0 Å². The lowest BCUT2D eigenvalue weighted by molar-refractivity contribution is 0.484. The summed E-state index contributed by atoms with van der Waals surface area (Å²) < 4.78 is 35.6. The second kappa shape index (κ2) is 9.22. The molecule has 0 atom stereocenters. The van der Waals surface area contributed by atoms with Gasteiger partial charge in [-0.2, -0.15) is 8.42 Å². The van der Waals surface area contributed by atoms with Crippen LogP contribution >= 0.6 is 11.6 Å². The normalized spacial score (nSPS) is 13.1. The zero-order valence-corrected chi connectivity index (χ0v) is 24.5. The summed E-state index contributed by atoms with van der Waals surface area (Å²) in [5.74, 6) is 1.67. The first kappa shape index (κ1) is 25.9. The van der Waals surface area contributed by atoms with E-state index in [1.165, 1.54) is 6.07 Å². The first-order valence-electron chi connectivity index (χ1n) is 13.8. The molecule has 5 heterocycles. The third kappa shape index (κ3) is 3.90. The van der Waals surface area contributed by atoms with Crippen LogP contribution in [-0.4, -0.2) is 32.9 Å². The Morgan fingerprint density at radius 1 is 0.489 bits per heavy atom. The molecule has 0 spiro atoms. The van der Waals surface area contributed by atoms with Crippen LogP contribution in [0, 0.1) is 0 Å². The van der Waals surface area contributed by atoms with E-state index in [-0.39, 0.29) is 16.2 Å². The van der Waals surface area contributed by atoms with Crippen molar-refractivity contribution in [3.8, 4) is 0 Å². The lowest BCUT2D eigenvalue weighted by Crippen LogP contribution is -2.10. The molecule has 0 aliphatic carbocycles. The van der Waals surface area contributed by atoms with Crippen molar-refractivity contribution in [1.82, 2.24) is 19.9 Å². The van der Waals surface area contributed by atoms with E-state index in [0.29, 0.717) is 44.8 Å². The Morgan fingerprint density at radius 2 is 0.867 bits per heavy atom. The van der Waals surface area contributed by atoms with Crippen molar-refractivity contribution in [2.24, 2.45) is 20.0 Å². The van der Waals surface area contributed by atoms with E-state index in [0.717, 1.165) is 32.3 Å². The molecule has 0 saturated carbocycles. The number of benzene rings is 4. The molecule has 45 heavy (non-hydrogen) atoms. The van der Waals surface area contributed by atoms with E-state index in [2.05, 4.69) is 19.9 Å². The smallest absolute Gasteiger partial charge is 0.296 e. The number of aromatic nitrogens is 4. The quantitative estimate of drug-likeness (QED) is 0.149. The Hall–Kier alpha value is -5.56. The molecule has 0 radical (unpaired) electrons. The van der Waals surface area contributed by atoms with E-state index in [4.69, 9.17) is 31.6 Å². The molecule has 11 nitrogen and oxygen atoms in total. The highest BCUT2D eigenvalue weighted by atomic mass is 35.5. The summed E-state index contributed by atoms with van der Waals surface area (Å²) in [5.41, 5.74) is 2.02. The Bertz CT molecular complexity index is 2930. The molecule has 0 unspecified atom stereocenters. The minimum absolute atomic E-state index is 0.102. The van der Waals surface area contributed by atoms with Gasteiger partial charge in [0.1, 0.15) is 50.1 Å². The molecule has 0 fully saturated rings. The van der Waals surface area contributed by atoms with Crippen LogP contribution in [0.5, 0.6) is 0 Å². The van der Waals surface area contributed by atoms with Gasteiger partial charge < -0.3 is 19.9 Å². The predicted octanol–water partition coefficient (Wildman–Crippen LogP) is 5.63. The Labute approximate surface area is 257 Å². The minimum atomic E-state index is -4.76. The molecule has 4 aromatic heterocycles. The summed E-state index contributed by atoms with van der Waals surface area (Å²) in [5, 5.41) is 5.30. The number of H-pyrrole nitrogens is 4. The van der Waals surface area contributed by atoms with Gasteiger partial charge in [0.15, 0.2) is 0 Å². The number of rotatable bonds is 1. The van der Waals surface area contributed by atoms with Gasteiger partial charge in [0.05, 0.1) is 10.4 Å². The van der Waals surface area contributed by atoms with Crippen LogP contribution in [0.25, 0.3) is 43.1 Å². The second-order valence-electron chi connectivity index (χ2n) is 10.6. The van der Waals surface area contributed by atoms with E-state index in [9.17, 15) is 13.0 Å². The lowest BCUT2D eigenvalue weighted by Gasteiger charge is -2.03. The summed E-state index contributed by atoms with van der Waals surface area (Å²) in [6, 6.07) is 26.2. The topological polar surface area (TPSA) is 167 Å². The highest BCUT2D eigenvalue weighted by Crippen LogP contribution is 2.41. The third-order valence-corrected chi connectivity index (χ3v) is 9.38. The minimum Gasteiger partial charge on any atom is -0.324 e. The third-order valence-electron chi connectivity index (χ3n) is 8.01. The summed E-state index contributed by atoms with van der Waals surface area (Å²) in [7, 11) is -4.76. The lowest BCUT2D eigenvalue weighted by atomic mass is 10.2. The van der Waals surface area contributed by atoms with Gasteiger partial charge in [-0.25, -0.2) is 20.0 Å². The second-order valence-corrected chi connectivity index (χ2v) is 12.4. The summed E-state index contributed by atoms with van der Waals surface area (Å²) in [6.45, 7) is 0. The van der Waals surface area contributed by atoms with Crippen LogP contribution in [-0.2, 0) is 10.1 Å². The Kier molecular flexibility index (Phi) is 5.31. The van der Waals surface area contributed by atoms with E-state index < -0.39 is 15.0 Å². The monoisotopic (exact) mass is 630 g/mol. The average Bonchev–Trinajstić information content (AvgIpc) is 3.76. The van der Waals surface area contributed by atoms with Crippen molar-refractivity contribution < 1.29 is 13.0 Å². The fourth-order valence-corrected chi connectivity index (χ4v) is 7.29. The molecule has 1 aliphatic rings. The van der Waals surface area contributed by atoms with Crippen LogP contribution in [0.4, 0.5) is 23.3 Å². The molecular weight excluding hydrogens is 612 g/mol. The molecule has 8 aromatic rings. The highest BCUT2D eigenvalue weighted by Gasteiger charge is 2.25. The summed E-state index contributed by atoms with van der Waals surface area (Å²) in [6.07, 6.45) is 0. The highest BCUT2D eigenvalue weighted by molar-refractivity contribution is 7.86. The van der Waals surface area contributed by atoms with Crippen molar-refractivity contribution in [3.63, 3.8) is 0 Å². The van der Waals surface area contributed by atoms with Crippen LogP contribution in [0.2, 0.25) is 5.02 Å². The largest absolute Gasteiger partial charge is 0.324 e. The first-order chi connectivity index (χ1) is 21.8. The van der Waals surface area contributed by atoms with Crippen molar-refractivity contribution >= 4 is 88.1 Å². The summed E-state index contributed by atoms with van der Waals surface area (Å²) in [4.78, 5) is 32.6. The Morgan fingerprint density at radius 3 is 1.31 bits per heavy atom. The number of nitrogens with one attached hydrogen (secondary N) is 4. The predicted molar refractivity (Wildman–Crippen MR) is 171 cm³/mol. The number of fused-ring (bicyclic) bond motifs is 20. The van der Waals surface area contributed by atoms with E-state index >= 15 is 0 Å². The molecule has 13 heteroatoms. The maximum Gasteiger partial charge on any atom is 0.296 e. The number of halogens is 1. The fourth-order valence-electron chi connectivity index (χ4n) is 6.06. The number of hydrogen-bond acceptors (Lipinski definition) is 6. The van der Waals surface area contributed by atoms with E-state index in [1.54, 1.807) is 6.07 Å². The van der Waals surface area contributed by atoms with Gasteiger partial charge in [0, 0.05) is 37.7 Å². The van der Waals surface area contributed by atoms with Gasteiger partial charge in [-0.3, -0.25) is 4.55 Å². The molecule has 5 N–H and O–H groups in total. The number of aromatic amines is 4. The SMILES string of the molecule is O=S(=O)(O)c1c(Cl)ccc2c3[nH]c(c12)N=c1[nH]c(c2ccccc12)=Nc1[nH]c(c2ccccc12)N=c1[nH]c(c2ccccc12)=N3. The maximum atomic E-state index is 12.7. The van der Waals surface area contributed by atoms with Crippen LogP contribution < -0.4 is 22.0 Å². The zero-order valence-electron chi connectivity index (χ0n) is 22.9. The average molecular weight is 631 g/mol. The summed E-state index contributed by atoms with van der Waals surface area (Å²) >= 11 is 6.38. The van der Waals surface area contributed by atoms with Crippen LogP contribution in [0.15, 0.2) is 110 Å². The molecule has 9 rings (SSSR count). The molecular formula is C32H19ClN8O3S. The van der Waals surface area contributed by atoms with E-state index in [1.807, 2.05) is 72.8 Å². The van der Waals surface area contributed by atoms with Gasteiger partial charge in [-0.1, -0.05) is 84.4 Å². The molecule has 4 aromatic carbocycles. The standard InChI is InChI=1S/C32H19ClN8O3S/c33-22-14-13-21-23(24(22)45(42,43)44)32-40-30-20-12-6-5-11-19(20)28(38-30)36-26-16-8-2-1-7-15(16)25(34-26)35-27-17-9-3-4-10-18(17)29(37-27)39-31(21)41-32/h1-14H,(H,42,43,44)(H4,34,35,36,37,38,39,40,41). The van der Waals surface area contributed by atoms with Gasteiger partial charge >= 0.3 is 0 Å². The van der Waals surface area contributed by atoms with Gasteiger partial charge in [-0.15, -0.1) is 0 Å². The van der Waals surface area contributed by atoms with Gasteiger partial charge in [0.25, 0.3) is 10.1 Å². The van der Waals surface area contributed by atoms with Crippen LogP contribution in [0.3, 0.4) is 0 Å². The Balaban J connectivity index is 1.53. The van der Waals surface area contributed by atoms with Crippen molar-refractivity contribution in [2.45, 2.75) is 4.90 Å². The van der Waals surface area contributed by atoms with Crippen LogP contribution in [0.1, 0.15) is 0 Å². The molecule has 0 saturated heterocycles. The van der Waals surface area contributed by atoms with Crippen molar-refractivity contribution in [1.29, 1.82) is 0 Å². The fraction of sp³-hybridized carbons (Fsp3) is 0. The number of hydrogen-bond donors (Lipinski definition) is 5. The zero-order chi connectivity index (χ0) is 30.4. The number of nitrogens with zero attached hydrogens (tertiary/aromatic N) is 4. The maximum absolute atomic E-state index is 12.7.